The number of rotatable bonds is 4. The number of hydrogen-bond acceptors (Lipinski definition) is 6. The second-order valence-corrected chi connectivity index (χ2v) is 5.02. The smallest absolute Gasteiger partial charge is 0.321 e. The first kappa shape index (κ1) is 13.1. The van der Waals surface area contributed by atoms with Crippen LogP contribution < -0.4 is 0 Å². The molecule has 0 N–H and O–H groups in total. The van der Waals surface area contributed by atoms with Gasteiger partial charge in [-0.15, -0.1) is 0 Å². The highest BCUT2D eigenvalue weighted by atomic mass is 32.2. The molecule has 0 amide bonds. The summed E-state index contributed by atoms with van der Waals surface area (Å²) in [5, 5.41) is 10.6. The molecule has 0 radical (unpaired) electrons. The zero-order valence-electron chi connectivity index (χ0n) is 8.82. The molecule has 17 heavy (non-hydrogen) atoms. The third kappa shape index (κ3) is 3.00. The molecule has 0 aliphatic heterocycles. The van der Waals surface area contributed by atoms with Crippen molar-refractivity contribution >= 4 is 21.5 Å². The number of carbonyl (C=O) groups is 1. The van der Waals surface area contributed by atoms with Gasteiger partial charge in [0.25, 0.3) is 5.69 Å². The molecule has 8 heteroatoms. The number of methoxy groups -OCH3 is 1. The molecule has 0 spiro atoms. The maximum Gasteiger partial charge on any atom is 0.321 e. The number of ether oxygens (including phenoxy) is 1. The summed E-state index contributed by atoms with van der Waals surface area (Å²) in [4.78, 5) is 20.3. The molecule has 0 saturated carbocycles. The van der Waals surface area contributed by atoms with E-state index in [9.17, 15) is 23.3 Å². The zero-order valence-corrected chi connectivity index (χ0v) is 9.64. The summed E-state index contributed by atoms with van der Waals surface area (Å²) in [5.41, 5.74) is -0.559. The average molecular weight is 259 g/mol. The second-order valence-electron chi connectivity index (χ2n) is 3.06. The molecule has 0 saturated heterocycles. The first-order valence-electron chi connectivity index (χ1n) is 4.41. The normalized spacial score (nSPS) is 10.9. The van der Waals surface area contributed by atoms with Gasteiger partial charge >= 0.3 is 5.97 Å². The van der Waals surface area contributed by atoms with E-state index in [1.165, 1.54) is 12.1 Å². The summed E-state index contributed by atoms with van der Waals surface area (Å²) in [6.45, 7) is 0. The minimum absolute atomic E-state index is 0.490. The first-order valence-corrected chi connectivity index (χ1v) is 6.06. The molecule has 0 unspecified atom stereocenters. The quantitative estimate of drug-likeness (QED) is 0.444. The Kier molecular flexibility index (Phi) is 3.79. The van der Waals surface area contributed by atoms with Crippen LogP contribution in [0.5, 0.6) is 0 Å². The lowest BCUT2D eigenvalue weighted by atomic mass is 10.3. The van der Waals surface area contributed by atoms with E-state index in [0.29, 0.717) is 0 Å². The van der Waals surface area contributed by atoms with Gasteiger partial charge in [0.05, 0.1) is 12.0 Å². The number of sulfone groups is 1. The number of nitro benzene ring substituents is 1. The predicted molar refractivity (Wildman–Crippen MR) is 57.2 cm³/mol. The lowest BCUT2D eigenvalue weighted by molar-refractivity contribution is -0.387. The van der Waals surface area contributed by atoms with Crippen molar-refractivity contribution in [1.82, 2.24) is 0 Å². The summed E-state index contributed by atoms with van der Waals surface area (Å²) in [6.07, 6.45) is 0. The van der Waals surface area contributed by atoms with Gasteiger partial charge in [0.15, 0.2) is 15.6 Å². The van der Waals surface area contributed by atoms with Crippen LogP contribution in [-0.2, 0) is 19.4 Å². The highest BCUT2D eigenvalue weighted by molar-refractivity contribution is 7.92. The van der Waals surface area contributed by atoms with Crippen LogP contribution in [0.2, 0.25) is 0 Å². The fourth-order valence-corrected chi connectivity index (χ4v) is 2.49. The Labute approximate surface area is 97.1 Å². The van der Waals surface area contributed by atoms with Crippen LogP contribution in [0, 0.1) is 10.1 Å². The predicted octanol–water partition coefficient (Wildman–Crippen LogP) is 0.541. The van der Waals surface area contributed by atoms with E-state index in [2.05, 4.69) is 4.74 Å². The lowest BCUT2D eigenvalue weighted by Gasteiger charge is -2.03. The third-order valence-electron chi connectivity index (χ3n) is 1.93. The molecular formula is C9H9NO6S. The minimum Gasteiger partial charge on any atom is -0.468 e. The molecule has 0 aromatic heterocycles. The SMILES string of the molecule is COC(=O)CS(=O)(=O)c1ccccc1[N+](=O)[O-]. The lowest BCUT2D eigenvalue weighted by Crippen LogP contribution is -2.18. The number of nitrogens with zero attached hydrogens (tertiary/aromatic N) is 1. The van der Waals surface area contributed by atoms with Gasteiger partial charge in [-0.25, -0.2) is 8.42 Å². The van der Waals surface area contributed by atoms with Crippen molar-refractivity contribution in [3.05, 3.63) is 34.4 Å². The van der Waals surface area contributed by atoms with Crippen molar-refractivity contribution in [1.29, 1.82) is 0 Å². The van der Waals surface area contributed by atoms with Crippen molar-refractivity contribution in [2.45, 2.75) is 4.90 Å². The number of carbonyl (C=O) groups excluding carboxylic acids is 1. The minimum atomic E-state index is -4.06. The Hall–Kier alpha value is -1.96. The van der Waals surface area contributed by atoms with E-state index < -0.39 is 37.1 Å². The van der Waals surface area contributed by atoms with Crippen LogP contribution in [0.25, 0.3) is 0 Å². The van der Waals surface area contributed by atoms with Crippen LogP contribution in [0.15, 0.2) is 29.2 Å². The molecule has 0 aliphatic carbocycles. The van der Waals surface area contributed by atoms with Gasteiger partial charge < -0.3 is 4.74 Å². The van der Waals surface area contributed by atoms with Crippen LogP contribution >= 0.6 is 0 Å². The monoisotopic (exact) mass is 259 g/mol. The highest BCUT2D eigenvalue weighted by Gasteiger charge is 2.27. The van der Waals surface area contributed by atoms with Gasteiger partial charge in [-0.1, -0.05) is 12.1 Å². The Morgan fingerprint density at radius 3 is 2.53 bits per heavy atom. The molecular weight excluding hydrogens is 250 g/mol. The highest BCUT2D eigenvalue weighted by Crippen LogP contribution is 2.23. The van der Waals surface area contributed by atoms with Crippen LogP contribution in [0.3, 0.4) is 0 Å². The van der Waals surface area contributed by atoms with Crippen molar-refractivity contribution in [2.24, 2.45) is 0 Å². The van der Waals surface area contributed by atoms with E-state index in [1.807, 2.05) is 0 Å². The maximum atomic E-state index is 11.7. The Morgan fingerprint density at radius 2 is 2.00 bits per heavy atom. The molecule has 1 rings (SSSR count). The van der Waals surface area contributed by atoms with Crippen LogP contribution in [-0.4, -0.2) is 32.2 Å². The standard InChI is InChI=1S/C9H9NO6S/c1-16-9(11)6-17(14,15)8-5-3-2-4-7(8)10(12)13/h2-5H,6H2,1H3. The van der Waals surface area contributed by atoms with Crippen molar-refractivity contribution in [3.63, 3.8) is 0 Å². The number of para-hydroxylation sites is 1. The van der Waals surface area contributed by atoms with Gasteiger partial charge in [0.2, 0.25) is 0 Å². The topological polar surface area (TPSA) is 104 Å². The zero-order chi connectivity index (χ0) is 13.1. The van der Waals surface area contributed by atoms with E-state index in [4.69, 9.17) is 0 Å². The van der Waals surface area contributed by atoms with Gasteiger partial charge in [0, 0.05) is 6.07 Å². The fraction of sp³-hybridized carbons (Fsp3) is 0.222. The number of benzene rings is 1. The van der Waals surface area contributed by atoms with Crippen molar-refractivity contribution in [2.75, 3.05) is 12.9 Å². The molecule has 0 bridgehead atoms. The molecule has 1 aromatic rings. The Bertz CT molecular complexity index is 550. The van der Waals surface area contributed by atoms with Crippen LogP contribution in [0.1, 0.15) is 0 Å². The number of esters is 1. The van der Waals surface area contributed by atoms with Gasteiger partial charge in [0.1, 0.15) is 4.90 Å². The number of hydrogen-bond donors (Lipinski definition) is 0. The Morgan fingerprint density at radius 1 is 1.41 bits per heavy atom. The first-order chi connectivity index (χ1) is 7.88. The summed E-state index contributed by atoms with van der Waals surface area (Å²) in [5.74, 6) is -1.89. The largest absolute Gasteiger partial charge is 0.468 e. The van der Waals surface area contributed by atoms with E-state index in [0.717, 1.165) is 19.2 Å². The third-order valence-corrected chi connectivity index (χ3v) is 3.56. The summed E-state index contributed by atoms with van der Waals surface area (Å²) in [7, 11) is -3.02. The molecule has 0 atom stereocenters. The molecule has 0 aliphatic rings. The van der Waals surface area contributed by atoms with Gasteiger partial charge in [-0.05, 0) is 6.07 Å². The summed E-state index contributed by atoms with van der Waals surface area (Å²) in [6, 6.07) is 4.83. The molecule has 0 fully saturated rings. The van der Waals surface area contributed by atoms with Crippen LogP contribution in [0.4, 0.5) is 5.69 Å². The van der Waals surface area contributed by atoms with Gasteiger partial charge in [-0.3, -0.25) is 14.9 Å². The van der Waals surface area contributed by atoms with Gasteiger partial charge in [-0.2, -0.15) is 0 Å². The van der Waals surface area contributed by atoms with E-state index >= 15 is 0 Å². The summed E-state index contributed by atoms with van der Waals surface area (Å²) >= 11 is 0. The number of nitro groups is 1. The fourth-order valence-electron chi connectivity index (χ4n) is 1.16. The van der Waals surface area contributed by atoms with Crippen molar-refractivity contribution < 1.29 is 22.9 Å². The summed E-state index contributed by atoms with van der Waals surface area (Å²) < 4.78 is 27.7. The maximum absolute atomic E-state index is 11.7. The Balaban J connectivity index is 3.24. The van der Waals surface area contributed by atoms with E-state index in [1.54, 1.807) is 0 Å². The van der Waals surface area contributed by atoms with Crippen molar-refractivity contribution in [3.8, 4) is 0 Å². The average Bonchev–Trinajstić information content (AvgIpc) is 2.28. The van der Waals surface area contributed by atoms with E-state index in [-0.39, 0.29) is 0 Å². The molecule has 1 aromatic carbocycles. The molecule has 0 heterocycles. The molecule has 92 valence electrons. The second kappa shape index (κ2) is 4.91. The molecule has 7 nitrogen and oxygen atoms in total.